The Bertz CT molecular complexity index is 650. The van der Waals surface area contributed by atoms with Crippen LogP contribution in [-0.4, -0.2) is 64.4 Å². The van der Waals surface area contributed by atoms with E-state index in [9.17, 15) is 13.2 Å². The molecule has 0 aromatic rings. The molecule has 9 heteroatoms. The minimum atomic E-state index is -3.68. The van der Waals surface area contributed by atoms with Crippen LogP contribution in [0.2, 0.25) is 18.1 Å². The minimum absolute atomic E-state index is 0.00368. The summed E-state index contributed by atoms with van der Waals surface area (Å²) in [4.78, 5) is 14.4. The minimum Gasteiger partial charge on any atom is -0.444 e. The first-order valence-corrected chi connectivity index (χ1v) is 14.7. The third kappa shape index (κ3) is 7.00. The predicted octanol–water partition coefficient (Wildman–Crippen LogP) is 4.14. The molecule has 0 saturated carbocycles. The van der Waals surface area contributed by atoms with E-state index in [0.717, 1.165) is 6.26 Å². The lowest BCUT2D eigenvalue weighted by Crippen LogP contribution is -2.54. The number of nitrogens with zero attached hydrogens (tertiary/aromatic N) is 1. The molecule has 0 spiro atoms. The summed E-state index contributed by atoms with van der Waals surface area (Å²) >= 11 is 0. The van der Waals surface area contributed by atoms with Gasteiger partial charge in [-0.1, -0.05) is 27.7 Å². The highest BCUT2D eigenvalue weighted by atomic mass is 32.2. The highest BCUT2D eigenvalue weighted by molar-refractivity contribution is 7.86. The SMILES string of the molecule is CC[C@@H](OS(C)(=O)=O)[C@@H]1[C@@H](O[Si](C)(C)C(C)(C)C)CCN1C(=O)OC(C)(C)C. The van der Waals surface area contributed by atoms with E-state index < -0.39 is 42.3 Å². The Morgan fingerprint density at radius 2 is 1.71 bits per heavy atom. The molecule has 0 unspecified atom stereocenters. The van der Waals surface area contributed by atoms with Gasteiger partial charge < -0.3 is 9.16 Å². The Morgan fingerprint density at radius 1 is 1.18 bits per heavy atom. The lowest BCUT2D eigenvalue weighted by Gasteiger charge is -2.41. The molecule has 0 bridgehead atoms. The van der Waals surface area contributed by atoms with Gasteiger partial charge >= 0.3 is 6.09 Å². The van der Waals surface area contributed by atoms with Crippen molar-refractivity contribution in [1.29, 1.82) is 0 Å². The van der Waals surface area contributed by atoms with E-state index in [0.29, 0.717) is 19.4 Å². The second-order valence-electron chi connectivity index (χ2n) is 10.1. The molecule has 7 nitrogen and oxygen atoms in total. The Hall–Kier alpha value is -0.643. The maximum absolute atomic E-state index is 12.8. The zero-order chi connectivity index (χ0) is 22.1. The number of hydrogen-bond acceptors (Lipinski definition) is 6. The average molecular weight is 438 g/mol. The van der Waals surface area contributed by atoms with Gasteiger partial charge in [0.05, 0.1) is 24.5 Å². The van der Waals surface area contributed by atoms with Crippen molar-refractivity contribution in [1.82, 2.24) is 4.90 Å². The first kappa shape index (κ1) is 25.4. The summed E-state index contributed by atoms with van der Waals surface area (Å²) in [5, 5.41) is -0.00368. The molecule has 0 radical (unpaired) electrons. The number of carbonyl (C=O) groups excluding carboxylic acids is 1. The number of ether oxygens (including phenoxy) is 1. The fourth-order valence-corrected chi connectivity index (χ4v) is 5.10. The van der Waals surface area contributed by atoms with Crippen LogP contribution in [-0.2, 0) is 23.5 Å². The molecule has 0 N–H and O–H groups in total. The van der Waals surface area contributed by atoms with E-state index in [1.807, 2.05) is 27.7 Å². The molecule has 1 heterocycles. The van der Waals surface area contributed by atoms with Crippen LogP contribution in [0.25, 0.3) is 0 Å². The van der Waals surface area contributed by atoms with Gasteiger partial charge in [-0.3, -0.25) is 9.08 Å². The second-order valence-corrected chi connectivity index (χ2v) is 16.5. The molecule has 1 rings (SSSR count). The molecule has 0 aromatic heterocycles. The van der Waals surface area contributed by atoms with Crippen LogP contribution < -0.4 is 0 Å². The van der Waals surface area contributed by atoms with Crippen LogP contribution in [0.3, 0.4) is 0 Å². The average Bonchev–Trinajstić information content (AvgIpc) is 2.83. The van der Waals surface area contributed by atoms with Crippen molar-refractivity contribution in [3.8, 4) is 0 Å². The summed E-state index contributed by atoms with van der Waals surface area (Å²) in [6.07, 6.45) is 0.662. The van der Waals surface area contributed by atoms with Gasteiger partial charge in [0.1, 0.15) is 5.60 Å². The van der Waals surface area contributed by atoms with Crippen LogP contribution in [0.5, 0.6) is 0 Å². The largest absolute Gasteiger partial charge is 0.444 e. The van der Waals surface area contributed by atoms with Crippen LogP contribution in [0.15, 0.2) is 0 Å². The number of likely N-dealkylation sites (tertiary alicyclic amines) is 1. The van der Waals surface area contributed by atoms with Crippen molar-refractivity contribution in [3.63, 3.8) is 0 Å². The number of carbonyl (C=O) groups is 1. The molecule has 166 valence electrons. The lowest BCUT2D eigenvalue weighted by atomic mass is 10.0. The number of hydrogen-bond donors (Lipinski definition) is 0. The maximum Gasteiger partial charge on any atom is 0.410 e. The molecule has 1 amide bonds. The summed E-state index contributed by atoms with van der Waals surface area (Å²) in [7, 11) is -5.80. The van der Waals surface area contributed by atoms with Gasteiger partial charge in [0.2, 0.25) is 0 Å². The van der Waals surface area contributed by atoms with Gasteiger partial charge in [-0.2, -0.15) is 8.42 Å². The van der Waals surface area contributed by atoms with Crippen LogP contribution in [0.4, 0.5) is 4.79 Å². The van der Waals surface area contributed by atoms with Crippen molar-refractivity contribution < 1.29 is 26.6 Å². The molecule has 3 atom stereocenters. The molecule has 28 heavy (non-hydrogen) atoms. The Balaban J connectivity index is 3.23. The summed E-state index contributed by atoms with van der Waals surface area (Å²) in [5.41, 5.74) is -0.639. The summed E-state index contributed by atoms with van der Waals surface area (Å²) in [5.74, 6) is 0. The molecule has 1 aliphatic heterocycles. The fraction of sp³-hybridized carbons (Fsp3) is 0.947. The Morgan fingerprint density at radius 3 is 2.11 bits per heavy atom. The maximum atomic E-state index is 12.8. The van der Waals surface area contributed by atoms with Gasteiger partial charge in [-0.05, 0) is 51.7 Å². The van der Waals surface area contributed by atoms with E-state index in [1.165, 1.54) is 0 Å². The van der Waals surface area contributed by atoms with Crippen molar-refractivity contribution in [2.45, 2.75) is 103 Å². The van der Waals surface area contributed by atoms with E-state index in [2.05, 4.69) is 33.9 Å². The Kier molecular flexibility index (Phi) is 7.81. The first-order valence-electron chi connectivity index (χ1n) is 9.93. The van der Waals surface area contributed by atoms with Crippen LogP contribution in [0.1, 0.15) is 61.3 Å². The third-order valence-electron chi connectivity index (χ3n) is 5.36. The zero-order valence-corrected chi connectivity index (χ0v) is 21.0. The number of amides is 1. The molecule has 1 fully saturated rings. The fourth-order valence-electron chi connectivity index (χ4n) is 3.04. The topological polar surface area (TPSA) is 82.1 Å². The molecule has 0 aromatic carbocycles. The standard InChI is InChI=1S/C19H39NO6SSi/c1-11-14(25-27(8,22)23)16-15(26-28(9,10)19(5,6)7)12-13-20(16)17(21)24-18(2,3)4/h14-16H,11-13H2,1-10H3/t14-,15+,16-/m1/s1. The zero-order valence-electron chi connectivity index (χ0n) is 19.2. The smallest absolute Gasteiger partial charge is 0.410 e. The van der Waals surface area contributed by atoms with Crippen molar-refractivity contribution >= 4 is 24.5 Å². The summed E-state index contributed by atoms with van der Waals surface area (Å²) in [6.45, 7) is 18.5. The normalized spacial score (nSPS) is 23.0. The van der Waals surface area contributed by atoms with Crippen LogP contribution >= 0.6 is 0 Å². The molecular formula is C19H39NO6SSi. The highest BCUT2D eigenvalue weighted by Crippen LogP contribution is 2.40. The van der Waals surface area contributed by atoms with Crippen molar-refractivity contribution in [3.05, 3.63) is 0 Å². The van der Waals surface area contributed by atoms with Gasteiger partial charge in [0.25, 0.3) is 10.1 Å². The monoisotopic (exact) mass is 437 g/mol. The van der Waals surface area contributed by atoms with E-state index in [4.69, 9.17) is 13.3 Å². The molecular weight excluding hydrogens is 398 g/mol. The van der Waals surface area contributed by atoms with Gasteiger partial charge in [0.15, 0.2) is 8.32 Å². The molecule has 0 aliphatic carbocycles. The predicted molar refractivity (Wildman–Crippen MR) is 113 cm³/mol. The van der Waals surface area contributed by atoms with E-state index >= 15 is 0 Å². The second kappa shape index (κ2) is 8.61. The highest BCUT2D eigenvalue weighted by Gasteiger charge is 2.49. The quantitative estimate of drug-likeness (QED) is 0.459. The van der Waals surface area contributed by atoms with Crippen molar-refractivity contribution in [2.24, 2.45) is 0 Å². The van der Waals surface area contributed by atoms with Gasteiger partial charge in [-0.15, -0.1) is 0 Å². The Labute approximate surface area is 172 Å². The third-order valence-corrected chi connectivity index (χ3v) is 10.5. The van der Waals surface area contributed by atoms with E-state index in [-0.39, 0.29) is 11.1 Å². The van der Waals surface area contributed by atoms with Gasteiger partial charge in [-0.25, -0.2) is 4.79 Å². The molecule has 1 saturated heterocycles. The summed E-state index contributed by atoms with van der Waals surface area (Å²) < 4.78 is 41.2. The first-order chi connectivity index (χ1) is 12.4. The number of rotatable bonds is 6. The lowest BCUT2D eigenvalue weighted by molar-refractivity contribution is -0.00580. The van der Waals surface area contributed by atoms with Crippen LogP contribution in [0, 0.1) is 0 Å². The van der Waals surface area contributed by atoms with Crippen molar-refractivity contribution in [2.75, 3.05) is 12.8 Å². The van der Waals surface area contributed by atoms with E-state index in [1.54, 1.807) is 4.90 Å². The molecule has 1 aliphatic rings. The van der Waals surface area contributed by atoms with Gasteiger partial charge in [0, 0.05) is 6.54 Å². The summed E-state index contributed by atoms with van der Waals surface area (Å²) in [6, 6.07) is -0.510.